The molecule has 2 nitrogen and oxygen atoms in total. The lowest BCUT2D eigenvalue weighted by Gasteiger charge is -2.17. The number of nitrogens with zero attached hydrogens (tertiary/aromatic N) is 1. The molecule has 0 saturated carbocycles. The molecule has 6 rings (SSSR count). The van der Waals surface area contributed by atoms with Gasteiger partial charge in [0.05, 0.1) is 13.6 Å². The van der Waals surface area contributed by atoms with E-state index in [0.29, 0.717) is 5.56 Å². The summed E-state index contributed by atoms with van der Waals surface area (Å²) in [6.07, 6.45) is 1.70. The number of hydrogen-bond acceptors (Lipinski definition) is 1. The summed E-state index contributed by atoms with van der Waals surface area (Å²) in [4.78, 5) is 0. The van der Waals surface area contributed by atoms with Crippen LogP contribution in [0.1, 0.15) is 15.2 Å². The number of pyridine rings is 1. The fourth-order valence-electron chi connectivity index (χ4n) is 5.19. The Morgan fingerprint density at radius 2 is 1.50 bits per heavy atom. The lowest BCUT2D eigenvalue weighted by atomic mass is 9.98. The van der Waals surface area contributed by atoms with Crippen molar-refractivity contribution >= 4 is 56.7 Å². The number of hydrogen-bond donors (Lipinski definition) is 0. The van der Waals surface area contributed by atoms with Gasteiger partial charge in [-0.2, -0.15) is 0 Å². The summed E-state index contributed by atoms with van der Waals surface area (Å²) in [5, 5.41) is 8.34. The number of furan rings is 1. The molecule has 0 amide bonds. The monoisotopic (exact) mass is 463 g/mol. The van der Waals surface area contributed by atoms with Crippen molar-refractivity contribution in [1.82, 2.24) is 0 Å². The van der Waals surface area contributed by atoms with Crippen LogP contribution in [0.25, 0.3) is 54.7 Å². The summed E-state index contributed by atoms with van der Waals surface area (Å²) in [6.45, 7) is 7.06. The quantitative estimate of drug-likeness (QED) is 0.147. The van der Waals surface area contributed by atoms with E-state index in [4.69, 9.17) is 8.53 Å². The van der Waals surface area contributed by atoms with Gasteiger partial charge < -0.3 is 4.42 Å². The molecule has 34 heavy (non-hydrogen) atoms. The van der Waals surface area contributed by atoms with Gasteiger partial charge in [0.15, 0.2) is 6.20 Å². The fraction of sp³-hybridized carbons (Fsp3) is 0.194. The summed E-state index contributed by atoms with van der Waals surface area (Å²) in [6, 6.07) is 23.5. The van der Waals surface area contributed by atoms with Gasteiger partial charge in [-0.1, -0.05) is 73.4 Å². The molecule has 0 atom stereocenters. The number of aryl methyl sites for hydroxylation is 3. The van der Waals surface area contributed by atoms with E-state index >= 15 is 0 Å². The van der Waals surface area contributed by atoms with E-state index in [1.165, 1.54) is 16.0 Å². The van der Waals surface area contributed by atoms with E-state index in [9.17, 15) is 0 Å². The highest BCUT2D eigenvalue weighted by Gasteiger charge is 2.22. The van der Waals surface area contributed by atoms with Gasteiger partial charge in [-0.25, -0.2) is 4.57 Å². The maximum absolute atomic E-state index is 7.78. The normalized spacial score (nSPS) is 14.1. The van der Waals surface area contributed by atoms with Crippen molar-refractivity contribution in [2.24, 2.45) is 7.05 Å². The van der Waals surface area contributed by atoms with Crippen molar-refractivity contribution in [2.45, 2.75) is 33.4 Å². The first-order valence-electron chi connectivity index (χ1n) is 13.3. The van der Waals surface area contributed by atoms with Gasteiger partial charge in [0.25, 0.3) is 0 Å². The van der Waals surface area contributed by atoms with E-state index in [1.54, 1.807) is 12.3 Å². The molecule has 2 heterocycles. The van der Waals surface area contributed by atoms with Crippen LogP contribution in [0, 0.1) is 13.8 Å². The van der Waals surface area contributed by atoms with Crippen molar-refractivity contribution in [2.75, 3.05) is 0 Å². The molecule has 0 spiro atoms. The highest BCUT2D eigenvalue weighted by Crippen LogP contribution is 2.41. The molecule has 0 fully saturated rings. The van der Waals surface area contributed by atoms with Crippen molar-refractivity contribution in [1.29, 1.82) is 0 Å². The molecular weight excluding hydrogens is 430 g/mol. The molecule has 0 unspecified atom stereocenters. The third kappa shape index (κ3) is 3.11. The van der Waals surface area contributed by atoms with Gasteiger partial charge in [-0.15, -0.1) is 0 Å². The maximum atomic E-state index is 7.78. The molecule has 0 aliphatic rings. The third-order valence-corrected chi connectivity index (χ3v) is 9.11. The average Bonchev–Trinajstić information content (AvgIpc) is 3.21. The Morgan fingerprint density at radius 1 is 0.794 bits per heavy atom. The minimum absolute atomic E-state index is 0.323. The summed E-state index contributed by atoms with van der Waals surface area (Å²) >= 11 is 0. The minimum Gasteiger partial charge on any atom is -0.454 e. The first kappa shape index (κ1) is 18.0. The molecule has 0 bridgehead atoms. The largest absolute Gasteiger partial charge is 0.454 e. The zero-order valence-corrected chi connectivity index (χ0v) is 21.3. The van der Waals surface area contributed by atoms with E-state index in [0.717, 1.165) is 49.5 Å². The first-order chi connectivity index (χ1) is 17.4. The molecule has 3 heteroatoms. The fourth-order valence-corrected chi connectivity index (χ4v) is 6.37. The van der Waals surface area contributed by atoms with E-state index < -0.39 is 14.9 Å². The van der Waals surface area contributed by atoms with Crippen LogP contribution in [0.3, 0.4) is 0 Å². The van der Waals surface area contributed by atoms with Gasteiger partial charge in [-0.05, 0) is 47.6 Å². The molecular formula is C31H30NOSi+. The Hall–Kier alpha value is -3.43. The standard InChI is InChI=1S/C31H30NOSi/c1-19-7-16-27(32(3)18-19)28-20(2)8-13-25-26-14-11-21-9-10-22-17-23(34(4,5)6)12-15-24(22)29(21)31(26)33-30(25)28/h7-18H,1-6H3/q+1/i1D3. The summed E-state index contributed by atoms with van der Waals surface area (Å²) in [5.74, 6) is 0. The van der Waals surface area contributed by atoms with E-state index in [1.807, 2.05) is 17.7 Å². The molecule has 0 radical (unpaired) electrons. The molecule has 2 aromatic heterocycles. The van der Waals surface area contributed by atoms with Crippen molar-refractivity contribution in [3.05, 3.63) is 84.1 Å². The highest BCUT2D eigenvalue weighted by molar-refractivity contribution is 6.88. The number of aromatic nitrogens is 1. The van der Waals surface area contributed by atoms with Gasteiger partial charge in [0.1, 0.15) is 18.2 Å². The maximum Gasteiger partial charge on any atom is 0.216 e. The second-order valence-corrected chi connectivity index (χ2v) is 15.5. The Kier molecular flexibility index (Phi) is 3.85. The second kappa shape index (κ2) is 7.28. The van der Waals surface area contributed by atoms with Crippen molar-refractivity contribution in [3.63, 3.8) is 0 Å². The molecule has 0 saturated heterocycles. The second-order valence-electron chi connectivity index (χ2n) is 10.4. The molecule has 6 aromatic rings. The topological polar surface area (TPSA) is 17.0 Å². The zero-order chi connectivity index (χ0) is 26.3. The Morgan fingerprint density at radius 3 is 2.26 bits per heavy atom. The van der Waals surface area contributed by atoms with Crippen LogP contribution in [-0.4, -0.2) is 8.07 Å². The highest BCUT2D eigenvalue weighted by atomic mass is 28.3. The zero-order valence-electron chi connectivity index (χ0n) is 23.3. The van der Waals surface area contributed by atoms with Crippen molar-refractivity contribution in [3.8, 4) is 11.3 Å². The lowest BCUT2D eigenvalue weighted by Crippen LogP contribution is -2.37. The smallest absolute Gasteiger partial charge is 0.216 e. The lowest BCUT2D eigenvalue weighted by molar-refractivity contribution is -0.660. The number of benzene rings is 4. The number of fused-ring (bicyclic) bond motifs is 7. The Labute approximate surface area is 205 Å². The predicted molar refractivity (Wildman–Crippen MR) is 148 cm³/mol. The van der Waals surface area contributed by atoms with Crippen LogP contribution in [0.5, 0.6) is 0 Å². The minimum atomic E-state index is -2.15. The van der Waals surface area contributed by atoms with Crippen LogP contribution in [0.4, 0.5) is 0 Å². The van der Waals surface area contributed by atoms with Crippen LogP contribution in [0.15, 0.2) is 77.3 Å². The molecule has 0 aliphatic carbocycles. The molecule has 4 aromatic carbocycles. The van der Waals surface area contributed by atoms with Crippen molar-refractivity contribution < 1.29 is 13.1 Å². The molecule has 168 valence electrons. The van der Waals surface area contributed by atoms with Crippen LogP contribution < -0.4 is 9.75 Å². The molecule has 0 aliphatic heterocycles. The third-order valence-electron chi connectivity index (χ3n) is 7.07. The van der Waals surface area contributed by atoms with Gasteiger partial charge >= 0.3 is 0 Å². The SMILES string of the molecule is [2H]C([2H])([2H])c1ccc(-c2c(C)ccc3c2oc2c3ccc3ccc4cc([Si](C)(C)C)ccc4c32)[n+](C)c1. The van der Waals surface area contributed by atoms with Crippen LogP contribution >= 0.6 is 0 Å². The number of rotatable bonds is 2. The average molecular weight is 464 g/mol. The Balaban J connectivity index is 1.67. The van der Waals surface area contributed by atoms with Crippen LogP contribution in [0.2, 0.25) is 19.6 Å². The summed E-state index contributed by atoms with van der Waals surface area (Å²) < 4.78 is 32.0. The van der Waals surface area contributed by atoms with Gasteiger partial charge in [0, 0.05) is 31.9 Å². The van der Waals surface area contributed by atoms with E-state index in [2.05, 4.69) is 81.2 Å². The predicted octanol–water partition coefficient (Wildman–Crippen LogP) is 7.55. The van der Waals surface area contributed by atoms with E-state index in [-0.39, 0.29) is 0 Å². The van der Waals surface area contributed by atoms with Crippen LogP contribution in [-0.2, 0) is 7.05 Å². The molecule has 0 N–H and O–H groups in total. The van der Waals surface area contributed by atoms with Gasteiger partial charge in [-0.3, -0.25) is 0 Å². The van der Waals surface area contributed by atoms with Gasteiger partial charge in [0.2, 0.25) is 5.69 Å². The Bertz CT molecular complexity index is 1880. The summed E-state index contributed by atoms with van der Waals surface area (Å²) in [5.41, 5.74) is 5.04. The summed E-state index contributed by atoms with van der Waals surface area (Å²) in [7, 11) is 0.462. The first-order valence-corrected chi connectivity index (χ1v) is 15.3.